The molecule has 3 fully saturated rings. The molecule has 1 unspecified atom stereocenters. The van der Waals surface area contributed by atoms with Gasteiger partial charge < -0.3 is 9.84 Å². The van der Waals surface area contributed by atoms with Crippen molar-refractivity contribution in [3.05, 3.63) is 11.6 Å². The van der Waals surface area contributed by atoms with E-state index in [-0.39, 0.29) is 22.7 Å². The Balaban J connectivity index is 1.69. The van der Waals surface area contributed by atoms with Crippen LogP contribution in [-0.4, -0.2) is 35.0 Å². The van der Waals surface area contributed by atoms with Crippen molar-refractivity contribution in [3.8, 4) is 0 Å². The highest BCUT2D eigenvalue weighted by Gasteiger charge is 2.66. The van der Waals surface area contributed by atoms with Crippen molar-refractivity contribution >= 4 is 21.7 Å². The van der Waals surface area contributed by atoms with E-state index < -0.39 is 5.60 Å². The van der Waals surface area contributed by atoms with Crippen LogP contribution >= 0.6 is 15.9 Å². The molecule has 0 aromatic heterocycles. The van der Waals surface area contributed by atoms with Gasteiger partial charge >= 0.3 is 0 Å². The van der Waals surface area contributed by atoms with Gasteiger partial charge in [-0.3, -0.25) is 4.79 Å². The number of aliphatic hydroxyl groups is 1. The van der Waals surface area contributed by atoms with Crippen molar-refractivity contribution in [1.29, 1.82) is 0 Å². The average Bonchev–Trinajstić information content (AvgIpc) is 2.95. The normalized spacial score (nSPS) is 50.4. The fourth-order valence-electron chi connectivity index (χ4n) is 7.66. The number of carbonyl (C=O) groups is 1. The van der Waals surface area contributed by atoms with Gasteiger partial charge in [-0.25, -0.2) is 0 Å². The monoisotopic (exact) mass is 424 g/mol. The van der Waals surface area contributed by atoms with Gasteiger partial charge in [0.15, 0.2) is 5.78 Å². The van der Waals surface area contributed by atoms with Crippen LogP contribution in [0.4, 0.5) is 0 Å². The highest BCUT2D eigenvalue weighted by molar-refractivity contribution is 9.09. The van der Waals surface area contributed by atoms with Crippen LogP contribution in [0.3, 0.4) is 0 Å². The summed E-state index contributed by atoms with van der Waals surface area (Å²) in [6.45, 7) is 4.78. The number of halogens is 1. The molecule has 0 aromatic rings. The van der Waals surface area contributed by atoms with Gasteiger partial charge in [-0.1, -0.05) is 41.4 Å². The first kappa shape index (κ1) is 19.1. The van der Waals surface area contributed by atoms with Crippen molar-refractivity contribution in [2.45, 2.75) is 76.9 Å². The van der Waals surface area contributed by atoms with Crippen LogP contribution in [0, 0.1) is 28.6 Å². The first-order valence-corrected chi connectivity index (χ1v) is 11.5. The number of allylic oxidation sites excluding steroid dienone is 1. The number of aliphatic hydroxyl groups excluding tert-OH is 1. The molecule has 1 N–H and O–H groups in total. The fraction of sp³-hybridized carbons (Fsp3) is 0.864. The zero-order chi connectivity index (χ0) is 18.7. The van der Waals surface area contributed by atoms with Crippen molar-refractivity contribution in [2.75, 3.05) is 12.4 Å². The number of ether oxygens (including phenoxy) is 1. The first-order chi connectivity index (χ1) is 12.3. The van der Waals surface area contributed by atoms with Crippen molar-refractivity contribution in [3.63, 3.8) is 0 Å². The van der Waals surface area contributed by atoms with E-state index in [9.17, 15) is 9.90 Å². The van der Waals surface area contributed by atoms with E-state index in [2.05, 4.69) is 35.9 Å². The largest absolute Gasteiger partial charge is 0.393 e. The van der Waals surface area contributed by atoms with E-state index in [4.69, 9.17) is 4.74 Å². The summed E-state index contributed by atoms with van der Waals surface area (Å²) in [4.78, 5) is 12.9. The third kappa shape index (κ3) is 2.34. The maximum Gasteiger partial charge on any atom is 0.175 e. The van der Waals surface area contributed by atoms with Crippen LogP contribution in [0.2, 0.25) is 0 Å². The Morgan fingerprint density at radius 2 is 1.96 bits per heavy atom. The summed E-state index contributed by atoms with van der Waals surface area (Å²) in [5, 5.41) is 10.5. The number of hydrogen-bond donors (Lipinski definition) is 1. The van der Waals surface area contributed by atoms with Gasteiger partial charge in [0, 0.05) is 12.5 Å². The Bertz CT molecular complexity index is 631. The Hall–Kier alpha value is -0.190. The molecule has 4 aliphatic rings. The topological polar surface area (TPSA) is 46.5 Å². The van der Waals surface area contributed by atoms with Crippen LogP contribution in [-0.2, 0) is 9.53 Å². The van der Waals surface area contributed by atoms with E-state index in [0.29, 0.717) is 23.1 Å². The Kier molecular flexibility index (Phi) is 4.73. The molecule has 0 radical (unpaired) electrons. The molecule has 0 heterocycles. The second kappa shape index (κ2) is 6.42. The molecule has 3 nitrogen and oxygen atoms in total. The number of fused-ring (bicyclic) bond motifs is 5. The summed E-state index contributed by atoms with van der Waals surface area (Å²) >= 11 is 3.41. The summed E-state index contributed by atoms with van der Waals surface area (Å²) in [5.74, 6) is 2.13. The molecule has 4 aliphatic carbocycles. The smallest absolute Gasteiger partial charge is 0.175 e. The molecule has 0 aliphatic heterocycles. The van der Waals surface area contributed by atoms with Crippen molar-refractivity contribution in [1.82, 2.24) is 0 Å². The van der Waals surface area contributed by atoms with E-state index in [1.165, 1.54) is 12.0 Å². The zero-order valence-corrected chi connectivity index (χ0v) is 18.0. The number of methoxy groups -OCH3 is 1. The molecule has 7 atom stereocenters. The minimum atomic E-state index is -0.611. The third-order valence-electron chi connectivity index (χ3n) is 9.12. The number of rotatable bonds is 3. The number of ketones is 1. The predicted molar refractivity (Wildman–Crippen MR) is 106 cm³/mol. The van der Waals surface area contributed by atoms with Gasteiger partial charge in [-0.15, -0.1) is 0 Å². The Morgan fingerprint density at radius 1 is 1.23 bits per heavy atom. The average molecular weight is 425 g/mol. The quantitative estimate of drug-likeness (QED) is 0.529. The summed E-state index contributed by atoms with van der Waals surface area (Å²) in [7, 11) is 1.74. The maximum atomic E-state index is 12.9. The van der Waals surface area contributed by atoms with Crippen LogP contribution in [0.25, 0.3) is 0 Å². The van der Waals surface area contributed by atoms with Crippen LogP contribution in [0.1, 0.15) is 65.2 Å². The lowest BCUT2D eigenvalue weighted by molar-refractivity contribution is -0.166. The minimum Gasteiger partial charge on any atom is -0.393 e. The molecule has 146 valence electrons. The molecule has 0 spiro atoms. The molecular weight excluding hydrogens is 392 g/mol. The summed E-state index contributed by atoms with van der Waals surface area (Å²) in [6.07, 6.45) is 10.6. The lowest BCUT2D eigenvalue weighted by atomic mass is 9.46. The van der Waals surface area contributed by atoms with Gasteiger partial charge in [-0.2, -0.15) is 0 Å². The minimum absolute atomic E-state index is 0.0519. The number of Topliss-reactive ketones (excluding diaryl/α,β-unsaturated/α-hetero) is 1. The molecule has 4 heteroatoms. The summed E-state index contributed by atoms with van der Waals surface area (Å²) in [6, 6.07) is 0. The van der Waals surface area contributed by atoms with Crippen molar-refractivity contribution < 1.29 is 14.6 Å². The lowest BCUT2D eigenvalue weighted by Gasteiger charge is -2.59. The Morgan fingerprint density at radius 3 is 2.65 bits per heavy atom. The van der Waals surface area contributed by atoms with Gasteiger partial charge in [0.05, 0.1) is 11.4 Å². The van der Waals surface area contributed by atoms with E-state index in [1.807, 2.05) is 0 Å². The molecule has 0 amide bonds. The SMILES string of the molecule is CO[C@]1(C(=O)CBr)CC[C@H]2[C@@H]3CC=C4CC(O)CC[C@]4(C)[C@H]3CC[C@@]21C. The van der Waals surface area contributed by atoms with E-state index >= 15 is 0 Å². The predicted octanol–water partition coefficient (Wildman–Crippen LogP) is 4.66. The van der Waals surface area contributed by atoms with Crippen LogP contribution in [0.15, 0.2) is 11.6 Å². The van der Waals surface area contributed by atoms with E-state index in [1.54, 1.807) is 7.11 Å². The molecule has 0 aromatic carbocycles. The molecular formula is C22H33BrO3. The van der Waals surface area contributed by atoms with Gasteiger partial charge in [0.1, 0.15) is 5.60 Å². The molecule has 4 rings (SSSR count). The number of alkyl halides is 1. The van der Waals surface area contributed by atoms with Crippen molar-refractivity contribution in [2.24, 2.45) is 28.6 Å². The molecule has 0 bridgehead atoms. The van der Waals surface area contributed by atoms with Gasteiger partial charge in [0.25, 0.3) is 0 Å². The van der Waals surface area contributed by atoms with Crippen LogP contribution < -0.4 is 0 Å². The van der Waals surface area contributed by atoms with Crippen LogP contribution in [0.5, 0.6) is 0 Å². The first-order valence-electron chi connectivity index (χ1n) is 10.3. The summed E-state index contributed by atoms with van der Waals surface area (Å²) in [5.41, 5.74) is 1.10. The molecule has 26 heavy (non-hydrogen) atoms. The molecule has 0 saturated heterocycles. The Labute approximate surface area is 166 Å². The number of hydrogen-bond acceptors (Lipinski definition) is 3. The fourth-order valence-corrected chi connectivity index (χ4v) is 8.11. The number of carbonyl (C=O) groups excluding carboxylic acids is 1. The zero-order valence-electron chi connectivity index (χ0n) is 16.4. The second-order valence-corrected chi connectivity index (χ2v) is 10.3. The molecule has 3 saturated carbocycles. The summed E-state index contributed by atoms with van der Waals surface area (Å²) < 4.78 is 6.02. The standard InChI is InChI=1S/C22H33BrO3/c1-20-9-6-15(24)12-14(20)4-5-16-17(20)7-10-21(2)18(16)8-11-22(21,26-3)19(25)13-23/h4,15-18,24H,5-13H2,1-3H3/t15?,16-,17+,18+,20+,21+,22+/m1/s1. The maximum absolute atomic E-state index is 12.9. The van der Waals surface area contributed by atoms with Gasteiger partial charge in [0.2, 0.25) is 0 Å². The highest BCUT2D eigenvalue weighted by atomic mass is 79.9. The lowest BCUT2D eigenvalue weighted by Crippen LogP contribution is -2.58. The highest BCUT2D eigenvalue weighted by Crippen LogP contribution is 2.67. The van der Waals surface area contributed by atoms with E-state index in [0.717, 1.165) is 44.9 Å². The third-order valence-corrected chi connectivity index (χ3v) is 9.63. The second-order valence-electron chi connectivity index (χ2n) is 9.74. The van der Waals surface area contributed by atoms with Gasteiger partial charge in [-0.05, 0) is 74.5 Å².